The molecule has 0 bridgehead atoms. The van der Waals surface area contributed by atoms with Gasteiger partial charge in [-0.15, -0.1) is 0 Å². The van der Waals surface area contributed by atoms with Crippen LogP contribution in [0.25, 0.3) is 0 Å². The van der Waals surface area contributed by atoms with Gasteiger partial charge in [-0.05, 0) is 7.05 Å². The topological polar surface area (TPSA) is 41.1 Å². The predicted molar refractivity (Wildman–Crippen MR) is 68.2 cm³/mol. The lowest BCUT2D eigenvalue weighted by Crippen LogP contribution is -2.32. The SMILES string of the molecule is CNCc1nc(C(C)C)ncc1N(C)CC(F)(F)F. The first-order valence-electron chi connectivity index (χ1n) is 6.03. The highest BCUT2D eigenvalue weighted by Gasteiger charge is 2.30. The van der Waals surface area contributed by atoms with Crippen molar-refractivity contribution in [1.29, 1.82) is 0 Å². The summed E-state index contributed by atoms with van der Waals surface area (Å²) in [5.74, 6) is 0.770. The fraction of sp³-hybridized carbons (Fsp3) is 0.667. The molecule has 108 valence electrons. The number of nitrogens with zero attached hydrogens (tertiary/aromatic N) is 3. The number of hydrogen-bond acceptors (Lipinski definition) is 4. The first-order chi connectivity index (χ1) is 8.74. The van der Waals surface area contributed by atoms with Crippen molar-refractivity contribution >= 4 is 5.69 Å². The van der Waals surface area contributed by atoms with E-state index in [9.17, 15) is 13.2 Å². The highest BCUT2D eigenvalue weighted by Crippen LogP contribution is 2.23. The molecule has 7 heteroatoms. The average Bonchev–Trinajstić information content (AvgIpc) is 2.26. The van der Waals surface area contributed by atoms with E-state index in [1.807, 2.05) is 13.8 Å². The van der Waals surface area contributed by atoms with Gasteiger partial charge in [-0.2, -0.15) is 13.2 Å². The molecular weight excluding hydrogens is 257 g/mol. The zero-order chi connectivity index (χ0) is 14.6. The van der Waals surface area contributed by atoms with Crippen LogP contribution < -0.4 is 10.2 Å². The first-order valence-corrected chi connectivity index (χ1v) is 6.03. The number of nitrogens with one attached hydrogen (secondary N) is 1. The molecule has 0 aliphatic heterocycles. The predicted octanol–water partition coefficient (Wildman–Crippen LogP) is 2.32. The third-order valence-corrected chi connectivity index (χ3v) is 2.55. The summed E-state index contributed by atoms with van der Waals surface area (Å²) in [4.78, 5) is 9.58. The zero-order valence-electron chi connectivity index (χ0n) is 11.5. The van der Waals surface area contributed by atoms with Gasteiger partial charge in [0.1, 0.15) is 12.4 Å². The molecule has 0 radical (unpaired) electrons. The molecule has 1 rings (SSSR count). The maximum atomic E-state index is 12.4. The minimum absolute atomic E-state index is 0.137. The molecule has 0 aromatic carbocycles. The molecule has 0 fully saturated rings. The maximum Gasteiger partial charge on any atom is 0.405 e. The van der Waals surface area contributed by atoms with Gasteiger partial charge < -0.3 is 10.2 Å². The molecule has 0 unspecified atom stereocenters. The molecule has 0 aliphatic rings. The van der Waals surface area contributed by atoms with Crippen molar-refractivity contribution in [2.24, 2.45) is 0 Å². The summed E-state index contributed by atoms with van der Waals surface area (Å²) >= 11 is 0. The minimum atomic E-state index is -4.25. The Morgan fingerprint density at radius 3 is 2.47 bits per heavy atom. The number of alkyl halides is 3. The highest BCUT2D eigenvalue weighted by molar-refractivity contribution is 5.48. The summed E-state index contributed by atoms with van der Waals surface area (Å²) in [6.45, 7) is 3.27. The van der Waals surface area contributed by atoms with Crippen LogP contribution in [0.1, 0.15) is 31.3 Å². The summed E-state index contributed by atoms with van der Waals surface area (Å²) in [7, 11) is 3.12. The van der Waals surface area contributed by atoms with Gasteiger partial charge in [-0.3, -0.25) is 0 Å². The van der Waals surface area contributed by atoms with Crippen molar-refractivity contribution in [3.8, 4) is 0 Å². The van der Waals surface area contributed by atoms with Crippen LogP contribution >= 0.6 is 0 Å². The van der Waals surface area contributed by atoms with Crippen LogP contribution in [0.2, 0.25) is 0 Å². The van der Waals surface area contributed by atoms with E-state index in [1.165, 1.54) is 13.2 Å². The van der Waals surface area contributed by atoms with Crippen LogP contribution in [0.5, 0.6) is 0 Å². The van der Waals surface area contributed by atoms with Crippen molar-refractivity contribution in [1.82, 2.24) is 15.3 Å². The van der Waals surface area contributed by atoms with Crippen LogP contribution in [0.15, 0.2) is 6.20 Å². The first kappa shape index (κ1) is 15.7. The van der Waals surface area contributed by atoms with Gasteiger partial charge in [0, 0.05) is 19.5 Å². The van der Waals surface area contributed by atoms with Crippen molar-refractivity contribution in [3.63, 3.8) is 0 Å². The summed E-state index contributed by atoms with van der Waals surface area (Å²) in [6, 6.07) is 0. The minimum Gasteiger partial charge on any atom is -0.363 e. The molecule has 0 atom stereocenters. The van der Waals surface area contributed by atoms with Crippen molar-refractivity contribution in [3.05, 3.63) is 17.7 Å². The van der Waals surface area contributed by atoms with Crippen LogP contribution in [0, 0.1) is 0 Å². The molecular formula is C12H19F3N4. The third-order valence-electron chi connectivity index (χ3n) is 2.55. The van der Waals surface area contributed by atoms with Crippen molar-refractivity contribution in [2.45, 2.75) is 32.5 Å². The van der Waals surface area contributed by atoms with E-state index in [-0.39, 0.29) is 5.92 Å². The molecule has 0 saturated carbocycles. The number of halogens is 3. The molecule has 1 aromatic heterocycles. The Hall–Kier alpha value is -1.37. The van der Waals surface area contributed by atoms with E-state index in [0.29, 0.717) is 23.8 Å². The largest absolute Gasteiger partial charge is 0.405 e. The van der Waals surface area contributed by atoms with Gasteiger partial charge in [-0.25, -0.2) is 9.97 Å². The van der Waals surface area contributed by atoms with Gasteiger partial charge >= 0.3 is 6.18 Å². The van der Waals surface area contributed by atoms with Crippen LogP contribution in [0.3, 0.4) is 0 Å². The van der Waals surface area contributed by atoms with Crippen molar-refractivity contribution in [2.75, 3.05) is 25.5 Å². The number of rotatable bonds is 5. The molecule has 0 aliphatic carbocycles. The van der Waals surface area contributed by atoms with Crippen LogP contribution in [-0.2, 0) is 6.54 Å². The van der Waals surface area contributed by atoms with Gasteiger partial charge in [0.15, 0.2) is 0 Å². The summed E-state index contributed by atoms with van der Waals surface area (Å²) < 4.78 is 37.3. The van der Waals surface area contributed by atoms with Gasteiger partial charge in [0.2, 0.25) is 0 Å². The Bertz CT molecular complexity index is 418. The second-order valence-electron chi connectivity index (χ2n) is 4.72. The molecule has 0 spiro atoms. The van der Waals surface area contributed by atoms with Gasteiger partial charge in [-0.1, -0.05) is 13.8 Å². The quantitative estimate of drug-likeness (QED) is 0.896. The van der Waals surface area contributed by atoms with E-state index in [0.717, 1.165) is 4.90 Å². The number of aromatic nitrogens is 2. The molecule has 1 aromatic rings. The van der Waals surface area contributed by atoms with E-state index in [1.54, 1.807) is 7.05 Å². The van der Waals surface area contributed by atoms with Crippen molar-refractivity contribution < 1.29 is 13.2 Å². The second-order valence-corrected chi connectivity index (χ2v) is 4.72. The fourth-order valence-corrected chi connectivity index (χ4v) is 1.67. The zero-order valence-corrected chi connectivity index (χ0v) is 11.5. The van der Waals surface area contributed by atoms with Crippen LogP contribution in [0.4, 0.5) is 18.9 Å². The molecule has 1 N–H and O–H groups in total. The lowest BCUT2D eigenvalue weighted by molar-refractivity contribution is -0.119. The Kier molecular flexibility index (Phi) is 5.11. The lowest BCUT2D eigenvalue weighted by atomic mass is 10.2. The summed E-state index contributed by atoms with van der Waals surface area (Å²) in [6.07, 6.45) is -2.79. The summed E-state index contributed by atoms with van der Waals surface area (Å²) in [5, 5.41) is 2.91. The van der Waals surface area contributed by atoms with E-state index >= 15 is 0 Å². The van der Waals surface area contributed by atoms with Gasteiger partial charge in [0.25, 0.3) is 0 Å². The average molecular weight is 276 g/mol. The monoisotopic (exact) mass is 276 g/mol. The lowest BCUT2D eigenvalue weighted by Gasteiger charge is -2.23. The third kappa shape index (κ3) is 4.66. The molecule has 4 nitrogen and oxygen atoms in total. The van der Waals surface area contributed by atoms with E-state index in [4.69, 9.17) is 0 Å². The summed E-state index contributed by atoms with van der Waals surface area (Å²) in [5.41, 5.74) is 0.976. The van der Waals surface area contributed by atoms with E-state index in [2.05, 4.69) is 15.3 Å². The Labute approximate surface area is 111 Å². The maximum absolute atomic E-state index is 12.4. The fourth-order valence-electron chi connectivity index (χ4n) is 1.67. The molecule has 0 saturated heterocycles. The molecule has 0 amide bonds. The smallest absolute Gasteiger partial charge is 0.363 e. The molecule has 1 heterocycles. The van der Waals surface area contributed by atoms with Gasteiger partial charge in [0.05, 0.1) is 17.6 Å². The van der Waals surface area contributed by atoms with Crippen LogP contribution in [-0.4, -0.2) is 36.8 Å². The molecule has 19 heavy (non-hydrogen) atoms. The normalized spacial score (nSPS) is 12.0. The Balaban J connectivity index is 3.05. The Morgan fingerprint density at radius 1 is 1.37 bits per heavy atom. The number of hydrogen-bond donors (Lipinski definition) is 1. The Morgan fingerprint density at radius 2 is 2.00 bits per heavy atom. The standard InChI is InChI=1S/C12H19F3N4/c1-8(2)11-17-6-10(9(18-11)5-16-3)19(4)7-12(13,14)15/h6,8,16H,5,7H2,1-4H3. The second kappa shape index (κ2) is 6.18. The number of anilines is 1. The highest BCUT2D eigenvalue weighted by atomic mass is 19.4. The van der Waals surface area contributed by atoms with E-state index < -0.39 is 12.7 Å².